The summed E-state index contributed by atoms with van der Waals surface area (Å²) < 4.78 is 65.9. The fourth-order valence-electron chi connectivity index (χ4n) is 3.11. The van der Waals surface area contributed by atoms with E-state index in [1.807, 2.05) is 31.2 Å². The van der Waals surface area contributed by atoms with E-state index in [4.69, 9.17) is 11.6 Å². The number of benzene rings is 2. The van der Waals surface area contributed by atoms with Crippen molar-refractivity contribution in [2.45, 2.75) is 24.5 Å². The summed E-state index contributed by atoms with van der Waals surface area (Å²) in [5.74, 6) is 0. The fourth-order valence-corrected chi connectivity index (χ4v) is 4.78. The molecule has 0 amide bonds. The van der Waals surface area contributed by atoms with Crippen LogP contribution in [-0.4, -0.2) is 43.8 Å². The largest absolute Gasteiger partial charge is 0.417 e. The Hall–Kier alpha value is -1.61. The molecular weight excluding hydrogens is 413 g/mol. The van der Waals surface area contributed by atoms with Crippen LogP contribution < -0.4 is 0 Å². The lowest BCUT2D eigenvalue weighted by Crippen LogP contribution is -2.48. The Balaban J connectivity index is 1.70. The number of halogens is 4. The molecule has 2 aromatic carbocycles. The minimum Gasteiger partial charge on any atom is -0.296 e. The van der Waals surface area contributed by atoms with Crippen molar-refractivity contribution in [1.29, 1.82) is 0 Å². The third-order valence-corrected chi connectivity index (χ3v) is 6.96. The minimum absolute atomic E-state index is 0.220. The Labute approximate surface area is 167 Å². The summed E-state index contributed by atoms with van der Waals surface area (Å²) >= 11 is 5.59. The Kier molecular flexibility index (Phi) is 6.05. The number of sulfonamides is 1. The lowest BCUT2D eigenvalue weighted by molar-refractivity contribution is -0.137. The van der Waals surface area contributed by atoms with Crippen LogP contribution in [0.3, 0.4) is 0 Å². The van der Waals surface area contributed by atoms with Crippen LogP contribution in [0.1, 0.15) is 16.7 Å². The number of alkyl halides is 3. The van der Waals surface area contributed by atoms with Gasteiger partial charge in [0.05, 0.1) is 15.5 Å². The molecule has 1 heterocycles. The van der Waals surface area contributed by atoms with E-state index < -0.39 is 31.7 Å². The topological polar surface area (TPSA) is 40.6 Å². The Morgan fingerprint density at radius 3 is 2.18 bits per heavy atom. The molecule has 0 aliphatic carbocycles. The summed E-state index contributed by atoms with van der Waals surface area (Å²) in [7, 11) is -4.02. The molecule has 28 heavy (non-hydrogen) atoms. The second kappa shape index (κ2) is 8.02. The van der Waals surface area contributed by atoms with E-state index in [0.717, 1.165) is 17.7 Å². The Morgan fingerprint density at radius 1 is 1.00 bits per heavy atom. The zero-order valence-electron chi connectivity index (χ0n) is 15.2. The van der Waals surface area contributed by atoms with Gasteiger partial charge in [-0.05, 0) is 30.7 Å². The van der Waals surface area contributed by atoms with Gasteiger partial charge in [0.25, 0.3) is 0 Å². The second-order valence-electron chi connectivity index (χ2n) is 6.81. The van der Waals surface area contributed by atoms with E-state index in [1.165, 1.54) is 9.87 Å². The van der Waals surface area contributed by atoms with Crippen LogP contribution in [0, 0.1) is 6.92 Å². The predicted octanol–water partition coefficient (Wildman–Crippen LogP) is 4.17. The molecule has 1 aliphatic heterocycles. The SMILES string of the molecule is Cc1ccc(CN2CCN(S(=O)(=O)c3ccc(Cl)c(C(F)(F)F)c3)CC2)cc1. The van der Waals surface area contributed by atoms with Crippen LogP contribution in [0.25, 0.3) is 0 Å². The number of aryl methyl sites for hydroxylation is 1. The molecule has 1 aliphatic rings. The molecule has 0 unspecified atom stereocenters. The summed E-state index contributed by atoms with van der Waals surface area (Å²) in [5.41, 5.74) is 1.16. The molecule has 9 heteroatoms. The first-order valence-corrected chi connectivity index (χ1v) is 10.5. The fraction of sp³-hybridized carbons (Fsp3) is 0.368. The van der Waals surface area contributed by atoms with Gasteiger partial charge < -0.3 is 0 Å². The van der Waals surface area contributed by atoms with Gasteiger partial charge in [0, 0.05) is 32.7 Å². The minimum atomic E-state index is -4.71. The van der Waals surface area contributed by atoms with Crippen molar-refractivity contribution >= 4 is 21.6 Å². The lowest BCUT2D eigenvalue weighted by atomic mass is 10.1. The molecule has 0 bridgehead atoms. The first-order chi connectivity index (χ1) is 13.1. The van der Waals surface area contributed by atoms with Crippen LogP contribution in [0.2, 0.25) is 5.02 Å². The van der Waals surface area contributed by atoms with E-state index in [0.29, 0.717) is 25.7 Å². The molecular formula is C19H20ClF3N2O2S. The third kappa shape index (κ3) is 4.68. The summed E-state index contributed by atoms with van der Waals surface area (Å²) in [5, 5.41) is -0.519. The molecule has 0 spiro atoms. The zero-order valence-corrected chi connectivity index (χ0v) is 16.8. The molecule has 3 rings (SSSR count). The van der Waals surface area contributed by atoms with E-state index >= 15 is 0 Å². The van der Waals surface area contributed by atoms with Gasteiger partial charge in [0.2, 0.25) is 10.0 Å². The van der Waals surface area contributed by atoms with Crippen LogP contribution in [-0.2, 0) is 22.7 Å². The number of piperazine rings is 1. The van der Waals surface area contributed by atoms with Crippen molar-refractivity contribution in [3.63, 3.8) is 0 Å². The van der Waals surface area contributed by atoms with E-state index in [2.05, 4.69) is 4.90 Å². The molecule has 0 N–H and O–H groups in total. The molecule has 0 radical (unpaired) electrons. The van der Waals surface area contributed by atoms with Crippen molar-refractivity contribution in [3.8, 4) is 0 Å². The van der Waals surface area contributed by atoms with E-state index in [1.54, 1.807) is 0 Å². The van der Waals surface area contributed by atoms with Crippen LogP contribution in [0.15, 0.2) is 47.4 Å². The monoisotopic (exact) mass is 432 g/mol. The van der Waals surface area contributed by atoms with Gasteiger partial charge in [-0.1, -0.05) is 41.4 Å². The quantitative estimate of drug-likeness (QED) is 0.728. The lowest BCUT2D eigenvalue weighted by Gasteiger charge is -2.34. The number of rotatable bonds is 4. The highest BCUT2D eigenvalue weighted by molar-refractivity contribution is 7.89. The van der Waals surface area contributed by atoms with Crippen molar-refractivity contribution in [3.05, 3.63) is 64.2 Å². The second-order valence-corrected chi connectivity index (χ2v) is 9.15. The maximum atomic E-state index is 13.0. The van der Waals surface area contributed by atoms with Crippen LogP contribution in [0.5, 0.6) is 0 Å². The number of nitrogens with zero attached hydrogens (tertiary/aromatic N) is 2. The normalized spacial score (nSPS) is 17.0. The molecule has 4 nitrogen and oxygen atoms in total. The van der Waals surface area contributed by atoms with Gasteiger partial charge in [-0.3, -0.25) is 4.90 Å². The maximum absolute atomic E-state index is 13.0. The Morgan fingerprint density at radius 2 is 1.61 bits per heavy atom. The first kappa shape index (κ1) is 21.1. The number of hydrogen-bond acceptors (Lipinski definition) is 3. The molecule has 1 saturated heterocycles. The van der Waals surface area contributed by atoms with Gasteiger partial charge in [-0.25, -0.2) is 8.42 Å². The summed E-state index contributed by atoms with van der Waals surface area (Å²) in [6, 6.07) is 10.8. The molecule has 152 valence electrons. The summed E-state index contributed by atoms with van der Waals surface area (Å²) in [6.45, 7) is 4.16. The van der Waals surface area contributed by atoms with E-state index in [9.17, 15) is 21.6 Å². The highest BCUT2D eigenvalue weighted by atomic mass is 35.5. The van der Waals surface area contributed by atoms with Gasteiger partial charge in [-0.2, -0.15) is 17.5 Å². The van der Waals surface area contributed by atoms with Crippen LogP contribution >= 0.6 is 11.6 Å². The smallest absolute Gasteiger partial charge is 0.296 e. The third-order valence-electron chi connectivity index (χ3n) is 4.74. The predicted molar refractivity (Wildman–Crippen MR) is 102 cm³/mol. The van der Waals surface area contributed by atoms with Gasteiger partial charge >= 0.3 is 6.18 Å². The average molecular weight is 433 g/mol. The highest BCUT2D eigenvalue weighted by Gasteiger charge is 2.36. The first-order valence-electron chi connectivity index (χ1n) is 8.72. The Bertz CT molecular complexity index is 939. The van der Waals surface area contributed by atoms with Gasteiger partial charge in [0.15, 0.2) is 0 Å². The molecule has 0 atom stereocenters. The molecule has 2 aromatic rings. The van der Waals surface area contributed by atoms with Gasteiger partial charge in [0.1, 0.15) is 0 Å². The van der Waals surface area contributed by atoms with E-state index in [-0.39, 0.29) is 13.1 Å². The molecule has 0 aromatic heterocycles. The van der Waals surface area contributed by atoms with Crippen molar-refractivity contribution < 1.29 is 21.6 Å². The average Bonchev–Trinajstić information content (AvgIpc) is 2.63. The molecule has 0 saturated carbocycles. The van der Waals surface area contributed by atoms with Crippen molar-refractivity contribution in [2.75, 3.05) is 26.2 Å². The maximum Gasteiger partial charge on any atom is 0.417 e. The zero-order chi connectivity index (χ0) is 20.5. The summed E-state index contributed by atoms with van der Waals surface area (Å²) in [6.07, 6.45) is -4.71. The number of hydrogen-bond donors (Lipinski definition) is 0. The molecule has 1 fully saturated rings. The van der Waals surface area contributed by atoms with Gasteiger partial charge in [-0.15, -0.1) is 0 Å². The van der Waals surface area contributed by atoms with Crippen LogP contribution in [0.4, 0.5) is 13.2 Å². The highest BCUT2D eigenvalue weighted by Crippen LogP contribution is 2.36. The summed E-state index contributed by atoms with van der Waals surface area (Å²) in [4.78, 5) is 1.73. The van der Waals surface area contributed by atoms with Crippen molar-refractivity contribution in [2.24, 2.45) is 0 Å². The van der Waals surface area contributed by atoms with Crippen molar-refractivity contribution in [1.82, 2.24) is 9.21 Å². The standard InChI is InChI=1S/C19H20ClF3N2O2S/c1-14-2-4-15(5-3-14)13-24-8-10-25(11-9-24)28(26,27)16-6-7-18(20)17(12-16)19(21,22)23/h2-7,12H,8-11,13H2,1H3.